The monoisotopic (exact) mass is 673 g/mol. The average molecular weight is 673 g/mol. The van der Waals surface area contributed by atoms with Crippen molar-refractivity contribution in [2.75, 3.05) is 0 Å². The Kier molecular flexibility index (Phi) is 10.1. The van der Waals surface area contributed by atoms with E-state index in [-0.39, 0.29) is 0 Å². The lowest BCUT2D eigenvalue weighted by atomic mass is 9.44. The van der Waals surface area contributed by atoms with Gasteiger partial charge in [-0.1, -0.05) is 120 Å². The van der Waals surface area contributed by atoms with Crippen molar-refractivity contribution in [2.24, 2.45) is 111 Å². The van der Waals surface area contributed by atoms with E-state index in [9.17, 15) is 0 Å². The summed E-state index contributed by atoms with van der Waals surface area (Å²) in [4.78, 5) is 0. The molecule has 0 saturated heterocycles. The van der Waals surface area contributed by atoms with Gasteiger partial charge in [-0.2, -0.15) is 0 Å². The third-order valence-electron chi connectivity index (χ3n) is 21.0. The lowest BCUT2D eigenvalue weighted by molar-refractivity contribution is -0.115. The van der Waals surface area contributed by atoms with Crippen molar-refractivity contribution in [1.29, 1.82) is 0 Å². The molecule has 8 aliphatic carbocycles. The van der Waals surface area contributed by atoms with Gasteiger partial charge in [0.2, 0.25) is 0 Å². The van der Waals surface area contributed by atoms with Crippen molar-refractivity contribution in [3.8, 4) is 0 Å². The number of hydrogen-bond acceptors (Lipinski definition) is 0. The van der Waals surface area contributed by atoms with Crippen LogP contribution in [0.1, 0.15) is 197 Å². The summed E-state index contributed by atoms with van der Waals surface area (Å²) >= 11 is 0. The Morgan fingerprint density at radius 1 is 0.531 bits per heavy atom. The van der Waals surface area contributed by atoms with Crippen LogP contribution in [0.3, 0.4) is 0 Å². The second kappa shape index (κ2) is 13.7. The van der Waals surface area contributed by atoms with E-state index < -0.39 is 0 Å². The van der Waals surface area contributed by atoms with Crippen LogP contribution in [0.5, 0.6) is 0 Å². The van der Waals surface area contributed by atoms with Gasteiger partial charge in [-0.25, -0.2) is 0 Å². The molecule has 1 spiro atoms. The van der Waals surface area contributed by atoms with Crippen LogP contribution in [0, 0.1) is 111 Å². The minimum absolute atomic E-state index is 0.526. The van der Waals surface area contributed by atoms with E-state index in [1.807, 2.05) is 0 Å². The predicted octanol–water partition coefficient (Wildman–Crippen LogP) is 14.7. The molecular weight excluding hydrogens is 589 g/mol. The normalized spacial score (nSPS) is 49.5. The largest absolute Gasteiger partial charge is 0.0649 e. The molecule has 49 heavy (non-hydrogen) atoms. The molecule has 0 bridgehead atoms. The molecule has 0 radical (unpaired) electrons. The number of hydrogen-bond donors (Lipinski definition) is 0. The Morgan fingerprint density at radius 3 is 1.71 bits per heavy atom. The van der Waals surface area contributed by atoms with Crippen molar-refractivity contribution in [3.05, 3.63) is 0 Å². The third kappa shape index (κ3) is 5.74. The third-order valence-corrected chi connectivity index (χ3v) is 21.0. The smallest absolute Gasteiger partial charge is 0.0227 e. The quantitative estimate of drug-likeness (QED) is 0.241. The summed E-state index contributed by atoms with van der Waals surface area (Å²) in [6, 6.07) is 0. The van der Waals surface area contributed by atoms with Crippen LogP contribution in [0.4, 0.5) is 0 Å². The SMILES string of the molecule is CCC(C)(CC)C1CC(C(C)(CC)CC)CC2(C1)C1CCC3C4CC5CCCCC5CC4CC3C1C1CC(CC(C)C)C3CCCCC3C12. The molecule has 0 nitrogen and oxygen atoms in total. The van der Waals surface area contributed by atoms with Gasteiger partial charge in [-0.15, -0.1) is 0 Å². The number of rotatable bonds is 8. The second-order valence-corrected chi connectivity index (χ2v) is 22.4. The average Bonchev–Trinajstić information content (AvgIpc) is 3.61. The maximum Gasteiger partial charge on any atom is -0.0227 e. The molecular formula is C49H84. The predicted molar refractivity (Wildman–Crippen MR) is 210 cm³/mol. The fraction of sp³-hybridized carbons (Fsp3) is 1.00. The summed E-state index contributed by atoms with van der Waals surface area (Å²) in [7, 11) is 0. The van der Waals surface area contributed by atoms with E-state index in [4.69, 9.17) is 0 Å². The zero-order chi connectivity index (χ0) is 34.3. The molecule has 8 rings (SSSR count). The van der Waals surface area contributed by atoms with Gasteiger partial charge in [0.05, 0.1) is 0 Å². The molecule has 15 unspecified atom stereocenters. The lowest BCUT2D eigenvalue weighted by Crippen LogP contribution is -2.53. The first-order valence-corrected chi connectivity index (χ1v) is 23.6. The molecule has 0 aromatic heterocycles. The first-order chi connectivity index (χ1) is 23.6. The van der Waals surface area contributed by atoms with Gasteiger partial charge in [0.1, 0.15) is 0 Å². The van der Waals surface area contributed by atoms with Gasteiger partial charge in [0, 0.05) is 0 Å². The van der Waals surface area contributed by atoms with Gasteiger partial charge in [-0.3, -0.25) is 0 Å². The molecule has 0 aliphatic heterocycles. The van der Waals surface area contributed by atoms with Crippen LogP contribution in [0.2, 0.25) is 0 Å². The van der Waals surface area contributed by atoms with E-state index in [0.29, 0.717) is 16.2 Å². The molecule has 8 saturated carbocycles. The summed E-state index contributed by atoms with van der Waals surface area (Å²) in [5.74, 6) is 16.9. The van der Waals surface area contributed by atoms with Crippen LogP contribution in [-0.4, -0.2) is 0 Å². The van der Waals surface area contributed by atoms with E-state index in [1.54, 1.807) is 109 Å². The maximum absolute atomic E-state index is 2.77. The standard InChI is InChI=1S/C49H84/c1-9-47(7,10-2)36-28-37(48(8,11-3)12-4)30-49(29-36)44-22-21-39-41-25-33-18-14-13-17-32(33)24-35(41)26-42(39)45(44)43-27-34(23-31(5)6)38-19-15-16-20-40(38)46(43)49/h31-46H,9-30H2,1-8H3. The first kappa shape index (κ1) is 36.0. The summed E-state index contributed by atoms with van der Waals surface area (Å²) in [5.41, 5.74) is 1.70. The topological polar surface area (TPSA) is 0 Å². The van der Waals surface area contributed by atoms with E-state index >= 15 is 0 Å². The highest BCUT2D eigenvalue weighted by Crippen LogP contribution is 2.77. The Hall–Kier alpha value is 0. The Bertz CT molecular complexity index is 1090. The first-order valence-electron chi connectivity index (χ1n) is 23.6. The van der Waals surface area contributed by atoms with Crippen molar-refractivity contribution in [2.45, 2.75) is 197 Å². The van der Waals surface area contributed by atoms with Gasteiger partial charge in [0.15, 0.2) is 0 Å². The summed E-state index contributed by atoms with van der Waals surface area (Å²) in [5, 5.41) is 0. The van der Waals surface area contributed by atoms with Crippen molar-refractivity contribution in [1.82, 2.24) is 0 Å². The lowest BCUT2D eigenvalue weighted by Gasteiger charge is -2.60. The van der Waals surface area contributed by atoms with Crippen LogP contribution < -0.4 is 0 Å². The fourth-order valence-corrected chi connectivity index (χ4v) is 18.1. The van der Waals surface area contributed by atoms with Gasteiger partial charge in [0.25, 0.3) is 0 Å². The van der Waals surface area contributed by atoms with Gasteiger partial charge >= 0.3 is 0 Å². The molecule has 8 fully saturated rings. The highest BCUT2D eigenvalue weighted by molar-refractivity contribution is 5.19. The summed E-state index contributed by atoms with van der Waals surface area (Å²) < 4.78 is 0. The molecule has 0 aromatic rings. The Balaban J connectivity index is 1.23. The van der Waals surface area contributed by atoms with Gasteiger partial charge < -0.3 is 0 Å². The number of fused-ring (bicyclic) bond motifs is 12. The van der Waals surface area contributed by atoms with Crippen LogP contribution in [0.15, 0.2) is 0 Å². The van der Waals surface area contributed by atoms with Crippen molar-refractivity contribution in [3.63, 3.8) is 0 Å². The zero-order valence-electron chi connectivity index (χ0n) is 34.3. The molecule has 8 aliphatic rings. The molecule has 0 heteroatoms. The van der Waals surface area contributed by atoms with Crippen molar-refractivity contribution >= 4 is 0 Å². The molecule has 0 aromatic carbocycles. The van der Waals surface area contributed by atoms with Crippen molar-refractivity contribution < 1.29 is 0 Å². The summed E-state index contributed by atoms with van der Waals surface area (Å²) in [6.45, 7) is 21.0. The fourth-order valence-electron chi connectivity index (χ4n) is 18.1. The van der Waals surface area contributed by atoms with Crippen LogP contribution in [0.25, 0.3) is 0 Å². The van der Waals surface area contributed by atoms with Crippen LogP contribution >= 0.6 is 0 Å². The van der Waals surface area contributed by atoms with Gasteiger partial charge in [-0.05, 0) is 188 Å². The van der Waals surface area contributed by atoms with E-state index in [1.165, 1.54) is 32.1 Å². The Labute approximate surface area is 306 Å². The zero-order valence-corrected chi connectivity index (χ0v) is 34.3. The minimum Gasteiger partial charge on any atom is -0.0649 e. The highest BCUT2D eigenvalue weighted by atomic mass is 14.8. The van der Waals surface area contributed by atoms with Crippen LogP contribution in [-0.2, 0) is 0 Å². The molecule has 0 amide bonds. The Morgan fingerprint density at radius 2 is 1.10 bits per heavy atom. The molecule has 0 heterocycles. The van der Waals surface area contributed by atoms with E-state index in [2.05, 4.69) is 55.4 Å². The molecule has 15 atom stereocenters. The second-order valence-electron chi connectivity index (χ2n) is 22.4. The highest BCUT2D eigenvalue weighted by Gasteiger charge is 2.70. The summed E-state index contributed by atoms with van der Waals surface area (Å²) in [6.07, 6.45) is 34.5. The molecule has 0 N–H and O–H groups in total. The minimum atomic E-state index is 0.526. The van der Waals surface area contributed by atoms with E-state index in [0.717, 1.165) is 94.7 Å². The maximum atomic E-state index is 2.77. The molecule has 280 valence electrons.